The second-order valence-corrected chi connectivity index (χ2v) is 12.8. The normalized spacial score (nSPS) is 22.5. The van der Waals surface area contributed by atoms with Gasteiger partial charge < -0.3 is 20.9 Å². The van der Waals surface area contributed by atoms with Crippen molar-refractivity contribution >= 4 is 28.7 Å². The molecular formula is C32H33F4N9O. The minimum Gasteiger partial charge on any atom is -0.385 e. The lowest BCUT2D eigenvalue weighted by molar-refractivity contribution is -0.205. The van der Waals surface area contributed by atoms with Crippen molar-refractivity contribution in [1.82, 2.24) is 35.1 Å². The predicted molar refractivity (Wildman–Crippen MR) is 164 cm³/mol. The van der Waals surface area contributed by atoms with Gasteiger partial charge in [-0.2, -0.15) is 0 Å². The summed E-state index contributed by atoms with van der Waals surface area (Å²) in [5.74, 6) is -5.65. The lowest BCUT2D eigenvalue weighted by Crippen LogP contribution is -2.69. The molecule has 1 saturated carbocycles. The highest BCUT2D eigenvalue weighted by Gasteiger charge is 2.61. The summed E-state index contributed by atoms with van der Waals surface area (Å²) in [5.41, 5.74) is 5.05. The molecule has 0 radical (unpaired) electrons. The maximum absolute atomic E-state index is 14.6. The quantitative estimate of drug-likeness (QED) is 0.261. The molecule has 0 unspecified atom stereocenters. The second kappa shape index (κ2) is 10.4. The Morgan fingerprint density at radius 2 is 1.93 bits per heavy atom. The van der Waals surface area contributed by atoms with Crippen molar-refractivity contribution in [2.45, 2.75) is 43.7 Å². The molecular weight excluding hydrogens is 602 g/mol. The average Bonchev–Trinajstić information content (AvgIpc) is 3.34. The van der Waals surface area contributed by atoms with E-state index in [4.69, 9.17) is 10.1 Å². The van der Waals surface area contributed by atoms with Crippen LogP contribution in [-0.4, -0.2) is 88.0 Å². The average molecular weight is 636 g/mol. The minimum atomic E-state index is -2.89. The van der Waals surface area contributed by atoms with E-state index in [-0.39, 0.29) is 18.7 Å². The maximum atomic E-state index is 14.6. The topological polar surface area (TPSA) is 103 Å². The Morgan fingerprint density at radius 1 is 1.11 bits per heavy atom. The van der Waals surface area contributed by atoms with Gasteiger partial charge in [0.15, 0.2) is 17.2 Å². The zero-order chi connectivity index (χ0) is 31.8. The van der Waals surface area contributed by atoms with Crippen LogP contribution in [0.3, 0.4) is 0 Å². The molecule has 8 rings (SSSR count). The molecule has 14 heteroatoms. The van der Waals surface area contributed by atoms with Crippen LogP contribution in [0.2, 0.25) is 0 Å². The van der Waals surface area contributed by atoms with Crippen LogP contribution in [-0.2, 0) is 13.0 Å². The second-order valence-electron chi connectivity index (χ2n) is 12.8. The number of nitrogens with one attached hydrogen (secondary N) is 3. The van der Waals surface area contributed by atoms with Crippen LogP contribution in [0.1, 0.15) is 34.5 Å². The van der Waals surface area contributed by atoms with Crippen LogP contribution in [0.4, 0.5) is 34.8 Å². The number of amides is 1. The first-order chi connectivity index (χ1) is 22.1. The number of pyridine rings is 1. The summed E-state index contributed by atoms with van der Waals surface area (Å²) in [6, 6.07) is 10.7. The van der Waals surface area contributed by atoms with Crippen molar-refractivity contribution in [2.75, 3.05) is 50.0 Å². The Bertz CT molecular complexity index is 1840. The molecule has 1 spiro atoms. The van der Waals surface area contributed by atoms with E-state index in [0.29, 0.717) is 56.3 Å². The van der Waals surface area contributed by atoms with E-state index < -0.39 is 29.2 Å². The predicted octanol–water partition coefficient (Wildman–Crippen LogP) is 4.10. The molecule has 3 aliphatic heterocycles. The van der Waals surface area contributed by atoms with Crippen LogP contribution >= 0.6 is 0 Å². The van der Waals surface area contributed by atoms with Gasteiger partial charge in [0.1, 0.15) is 0 Å². The number of fused-ring (bicyclic) bond motifs is 2. The number of benzene rings is 1. The van der Waals surface area contributed by atoms with Gasteiger partial charge in [-0.05, 0) is 42.6 Å². The van der Waals surface area contributed by atoms with Crippen LogP contribution in [0.25, 0.3) is 16.9 Å². The number of aromatic nitrogens is 4. The fourth-order valence-electron chi connectivity index (χ4n) is 7.13. The summed E-state index contributed by atoms with van der Waals surface area (Å²) >= 11 is 0. The monoisotopic (exact) mass is 635 g/mol. The zero-order valence-corrected chi connectivity index (χ0v) is 25.2. The molecule has 3 fully saturated rings. The van der Waals surface area contributed by atoms with Gasteiger partial charge in [0, 0.05) is 63.2 Å². The number of anilines is 3. The third-order valence-corrected chi connectivity index (χ3v) is 9.85. The van der Waals surface area contributed by atoms with Gasteiger partial charge in [0.2, 0.25) is 0 Å². The van der Waals surface area contributed by atoms with E-state index in [1.54, 1.807) is 7.05 Å². The largest absolute Gasteiger partial charge is 0.385 e. The van der Waals surface area contributed by atoms with E-state index in [1.807, 2.05) is 42.6 Å². The number of nitrogens with zero attached hydrogens (tertiary/aromatic N) is 6. The fraction of sp³-hybridized carbons (Fsp3) is 0.438. The number of hydrogen-bond donors (Lipinski definition) is 3. The van der Waals surface area contributed by atoms with E-state index in [9.17, 15) is 22.4 Å². The summed E-state index contributed by atoms with van der Waals surface area (Å²) in [6.07, 6.45) is 4.02. The molecule has 10 nitrogen and oxygen atoms in total. The van der Waals surface area contributed by atoms with E-state index >= 15 is 0 Å². The lowest BCUT2D eigenvalue weighted by atomic mass is 9.69. The van der Waals surface area contributed by atoms with E-state index in [0.717, 1.165) is 34.5 Å². The van der Waals surface area contributed by atoms with Crippen molar-refractivity contribution in [2.24, 2.45) is 5.41 Å². The first-order valence-corrected chi connectivity index (χ1v) is 15.5. The Kier molecular flexibility index (Phi) is 6.56. The summed E-state index contributed by atoms with van der Waals surface area (Å²) in [5, 5.41) is 13.0. The molecule has 3 aromatic heterocycles. The molecule has 240 valence electrons. The molecule has 2 saturated heterocycles. The number of halogens is 4. The summed E-state index contributed by atoms with van der Waals surface area (Å²) in [6.45, 7) is 2.38. The molecule has 3 N–H and O–H groups in total. The molecule has 6 heterocycles. The standard InChI is InChI=1S/C32H33F4N9O/c1-37-23-11-27(42-45-25(14-40-28(23)45)29(46)41-26-12-31(26,33)34)44-10-7-21-20(3-2-4-24(21)44)22-6-5-19(13-39-22)15-43-17-30(18-43)8-9-38-16-32(30,35)36/h2-6,11,13-14,26,37-38H,7-10,12,15-18H2,1H3,(H,41,46)/t26-/m0/s1. The molecule has 4 aliphatic rings. The maximum Gasteiger partial charge on any atom is 0.272 e. The molecule has 1 amide bonds. The van der Waals surface area contributed by atoms with Gasteiger partial charge in [-0.25, -0.2) is 27.1 Å². The van der Waals surface area contributed by atoms with Crippen molar-refractivity contribution in [3.8, 4) is 11.3 Å². The molecule has 1 atom stereocenters. The first kappa shape index (κ1) is 29.1. The number of alkyl halides is 4. The number of carbonyl (C=O) groups excluding carboxylic acids is 1. The fourth-order valence-corrected chi connectivity index (χ4v) is 7.13. The van der Waals surface area contributed by atoms with Gasteiger partial charge in [0.25, 0.3) is 17.8 Å². The number of piperidine rings is 1. The molecule has 1 aromatic carbocycles. The Hall–Kier alpha value is -4.30. The number of likely N-dealkylation sites (tertiary alicyclic amines) is 1. The molecule has 46 heavy (non-hydrogen) atoms. The van der Waals surface area contributed by atoms with Gasteiger partial charge in [-0.1, -0.05) is 18.2 Å². The summed E-state index contributed by atoms with van der Waals surface area (Å²) < 4.78 is 57.4. The SMILES string of the molecule is CNc1cc(N2CCc3c(-c4ccc(CN5CC6(CCNCC6(F)F)C5)cn4)cccc32)nn2c(C(=O)N[C@H]3CC3(F)F)cnc12. The van der Waals surface area contributed by atoms with Gasteiger partial charge in [-0.15, -0.1) is 5.10 Å². The number of carbonyl (C=O) groups is 1. The zero-order valence-electron chi connectivity index (χ0n) is 25.2. The van der Waals surface area contributed by atoms with Gasteiger partial charge in [-0.3, -0.25) is 14.7 Å². The third kappa shape index (κ3) is 4.68. The first-order valence-electron chi connectivity index (χ1n) is 15.5. The van der Waals surface area contributed by atoms with Crippen LogP contribution in [0, 0.1) is 5.41 Å². The van der Waals surface area contributed by atoms with Gasteiger partial charge >= 0.3 is 0 Å². The number of hydrogen-bond acceptors (Lipinski definition) is 8. The van der Waals surface area contributed by atoms with Gasteiger partial charge in [0.05, 0.1) is 35.6 Å². The Labute approximate surface area is 262 Å². The lowest BCUT2D eigenvalue weighted by Gasteiger charge is -2.56. The molecule has 1 aliphatic carbocycles. The highest BCUT2D eigenvalue weighted by atomic mass is 19.3. The van der Waals surface area contributed by atoms with Crippen molar-refractivity contribution in [1.29, 1.82) is 0 Å². The smallest absolute Gasteiger partial charge is 0.272 e. The minimum absolute atomic E-state index is 0.0753. The highest BCUT2D eigenvalue weighted by Crippen LogP contribution is 2.49. The number of imidazole rings is 1. The molecule has 0 bridgehead atoms. The van der Waals surface area contributed by atoms with Crippen molar-refractivity contribution < 1.29 is 22.4 Å². The van der Waals surface area contributed by atoms with E-state index in [2.05, 4.69) is 30.7 Å². The van der Waals surface area contributed by atoms with Crippen molar-refractivity contribution in [3.63, 3.8) is 0 Å². The van der Waals surface area contributed by atoms with Crippen molar-refractivity contribution in [3.05, 3.63) is 65.6 Å². The van der Waals surface area contributed by atoms with Crippen LogP contribution < -0.4 is 20.9 Å². The molecule has 4 aromatic rings. The third-order valence-electron chi connectivity index (χ3n) is 9.85. The highest BCUT2D eigenvalue weighted by molar-refractivity contribution is 5.94. The summed E-state index contributed by atoms with van der Waals surface area (Å²) in [7, 11) is 1.74. The Morgan fingerprint density at radius 3 is 2.65 bits per heavy atom. The Balaban J connectivity index is 1.02. The summed E-state index contributed by atoms with van der Waals surface area (Å²) in [4.78, 5) is 26.1. The number of rotatable bonds is 7. The van der Waals surface area contributed by atoms with E-state index in [1.165, 1.54) is 10.7 Å². The van der Waals surface area contributed by atoms with Crippen LogP contribution in [0.5, 0.6) is 0 Å². The van der Waals surface area contributed by atoms with Crippen LogP contribution in [0.15, 0.2) is 48.8 Å².